The van der Waals surface area contributed by atoms with Gasteiger partial charge in [-0.05, 0) is 78.9 Å². The quantitative estimate of drug-likeness (QED) is 0.411. The number of sulfonamides is 1. The predicted octanol–water partition coefficient (Wildman–Crippen LogP) is 5.04. The topological polar surface area (TPSA) is 63.7 Å². The molecule has 184 valence electrons. The molecule has 0 unspecified atom stereocenters. The van der Waals surface area contributed by atoms with Gasteiger partial charge in [0.2, 0.25) is 10.0 Å². The monoisotopic (exact) mass is 503 g/mol. The van der Waals surface area contributed by atoms with Gasteiger partial charge in [0.05, 0.1) is 10.9 Å². The summed E-state index contributed by atoms with van der Waals surface area (Å²) in [7, 11) is -3.90. The number of ether oxygens (including phenoxy) is 1. The summed E-state index contributed by atoms with van der Waals surface area (Å²) in [5, 5.41) is 0. The number of ketones is 1. The molecule has 0 amide bonds. The summed E-state index contributed by atoms with van der Waals surface area (Å²) in [6.45, 7) is 0.293. The standard InChI is InChI=1S/C26H24F3NO4S/c27-20-8-10-22(11-9-20)35(32,33)30-14-2-5-25(30)26(31)13-7-18-3-1-4-21(15-18)34-17-19-6-12-23(28)24(29)16-19/h1,3-4,6,8-12,15-16,25H,2,5,7,13-14,17H2/t25-/m0/s1. The summed E-state index contributed by atoms with van der Waals surface area (Å²) in [6.07, 6.45) is 1.55. The molecule has 0 spiro atoms. The highest BCUT2D eigenvalue weighted by Crippen LogP contribution is 2.28. The van der Waals surface area contributed by atoms with Gasteiger partial charge in [-0.1, -0.05) is 18.2 Å². The molecule has 35 heavy (non-hydrogen) atoms. The average Bonchev–Trinajstić information content (AvgIpc) is 3.35. The van der Waals surface area contributed by atoms with Gasteiger partial charge < -0.3 is 4.74 Å². The molecule has 1 saturated heterocycles. The lowest BCUT2D eigenvalue weighted by molar-refractivity contribution is -0.122. The number of carbonyl (C=O) groups is 1. The van der Waals surface area contributed by atoms with Crippen LogP contribution < -0.4 is 4.74 Å². The number of carbonyl (C=O) groups excluding carboxylic acids is 1. The molecule has 1 heterocycles. The smallest absolute Gasteiger partial charge is 0.243 e. The molecule has 3 aromatic rings. The van der Waals surface area contributed by atoms with E-state index in [9.17, 15) is 26.4 Å². The van der Waals surface area contributed by atoms with E-state index in [4.69, 9.17) is 4.74 Å². The normalized spacial score (nSPS) is 16.4. The van der Waals surface area contributed by atoms with Crippen LogP contribution in [0, 0.1) is 17.5 Å². The zero-order valence-electron chi connectivity index (χ0n) is 18.8. The zero-order valence-corrected chi connectivity index (χ0v) is 19.6. The molecule has 0 aromatic heterocycles. The highest BCUT2D eigenvalue weighted by atomic mass is 32.2. The number of hydrogen-bond donors (Lipinski definition) is 0. The van der Waals surface area contributed by atoms with Gasteiger partial charge in [0, 0.05) is 13.0 Å². The van der Waals surface area contributed by atoms with Gasteiger partial charge in [0.25, 0.3) is 0 Å². The van der Waals surface area contributed by atoms with Crippen molar-refractivity contribution < 1.29 is 31.1 Å². The average molecular weight is 504 g/mol. The third-order valence-corrected chi connectivity index (χ3v) is 7.87. The molecular weight excluding hydrogens is 479 g/mol. The van der Waals surface area contributed by atoms with E-state index in [1.807, 2.05) is 6.07 Å². The van der Waals surface area contributed by atoms with Gasteiger partial charge in [0.15, 0.2) is 17.4 Å². The number of Topliss-reactive ketones (excluding diaryl/α,β-unsaturated/α-hetero) is 1. The fourth-order valence-corrected chi connectivity index (χ4v) is 5.79. The van der Waals surface area contributed by atoms with E-state index in [0.29, 0.717) is 30.6 Å². The first-order valence-corrected chi connectivity index (χ1v) is 12.6. The minimum absolute atomic E-state index is 0.0375. The highest BCUT2D eigenvalue weighted by molar-refractivity contribution is 7.89. The summed E-state index contributed by atoms with van der Waals surface area (Å²) in [4.78, 5) is 12.9. The van der Waals surface area contributed by atoms with Gasteiger partial charge >= 0.3 is 0 Å². The zero-order chi connectivity index (χ0) is 25.0. The molecule has 0 N–H and O–H groups in total. The van der Waals surface area contributed by atoms with Crippen molar-refractivity contribution in [1.82, 2.24) is 4.31 Å². The SMILES string of the molecule is O=C(CCc1cccc(OCc2ccc(F)c(F)c2)c1)[C@@H]1CCCN1S(=O)(=O)c1ccc(F)cc1. The molecule has 1 fully saturated rings. The fraction of sp³-hybridized carbons (Fsp3) is 0.269. The summed E-state index contributed by atoms with van der Waals surface area (Å²) >= 11 is 0. The van der Waals surface area contributed by atoms with E-state index in [2.05, 4.69) is 0 Å². The van der Waals surface area contributed by atoms with Crippen LogP contribution in [-0.4, -0.2) is 31.1 Å². The summed E-state index contributed by atoms with van der Waals surface area (Å²) < 4.78 is 72.5. The summed E-state index contributed by atoms with van der Waals surface area (Å²) in [6, 6.07) is 14.5. The first kappa shape index (κ1) is 24.9. The maximum Gasteiger partial charge on any atom is 0.243 e. The van der Waals surface area contributed by atoms with Crippen LogP contribution in [-0.2, 0) is 27.8 Å². The lowest BCUT2D eigenvalue weighted by atomic mass is 10.0. The molecule has 9 heteroatoms. The Labute approximate surface area is 202 Å². The van der Waals surface area contributed by atoms with Gasteiger partial charge in [0.1, 0.15) is 18.2 Å². The molecule has 4 rings (SSSR count). The number of aryl methyl sites for hydroxylation is 1. The molecule has 0 saturated carbocycles. The van der Waals surface area contributed by atoms with E-state index < -0.39 is 33.5 Å². The van der Waals surface area contributed by atoms with Gasteiger partial charge in [-0.15, -0.1) is 0 Å². The van der Waals surface area contributed by atoms with E-state index >= 15 is 0 Å². The molecule has 5 nitrogen and oxygen atoms in total. The second-order valence-corrected chi connectivity index (χ2v) is 10.3. The van der Waals surface area contributed by atoms with Crippen LogP contribution in [0.1, 0.15) is 30.4 Å². The number of rotatable bonds is 9. The van der Waals surface area contributed by atoms with E-state index in [0.717, 1.165) is 29.8 Å². The molecule has 1 aliphatic heterocycles. The van der Waals surface area contributed by atoms with E-state index in [1.54, 1.807) is 18.2 Å². The Bertz CT molecular complexity index is 1310. The van der Waals surface area contributed by atoms with Crippen molar-refractivity contribution in [2.24, 2.45) is 0 Å². The summed E-state index contributed by atoms with van der Waals surface area (Å²) in [5.74, 6) is -2.07. The largest absolute Gasteiger partial charge is 0.489 e. The number of halogens is 3. The highest BCUT2D eigenvalue weighted by Gasteiger charge is 2.38. The maximum atomic E-state index is 13.4. The minimum atomic E-state index is -3.90. The van der Waals surface area contributed by atoms with Crippen molar-refractivity contribution in [2.45, 2.75) is 43.2 Å². The number of benzene rings is 3. The Kier molecular flexibility index (Phi) is 7.57. The predicted molar refractivity (Wildman–Crippen MR) is 124 cm³/mol. The second-order valence-electron chi connectivity index (χ2n) is 8.38. The third kappa shape index (κ3) is 5.91. The molecule has 0 radical (unpaired) electrons. The van der Waals surface area contributed by atoms with Crippen LogP contribution >= 0.6 is 0 Å². The summed E-state index contributed by atoms with van der Waals surface area (Å²) in [5.41, 5.74) is 1.31. The third-order valence-electron chi connectivity index (χ3n) is 5.94. The van der Waals surface area contributed by atoms with Gasteiger partial charge in [-0.3, -0.25) is 4.79 Å². The van der Waals surface area contributed by atoms with Crippen molar-refractivity contribution >= 4 is 15.8 Å². The van der Waals surface area contributed by atoms with Crippen LogP contribution in [0.2, 0.25) is 0 Å². The molecule has 0 aliphatic carbocycles. The van der Waals surface area contributed by atoms with E-state index in [1.165, 1.54) is 22.5 Å². The molecule has 1 aliphatic rings. The lowest BCUT2D eigenvalue weighted by Gasteiger charge is -2.23. The molecule has 1 atom stereocenters. The second kappa shape index (κ2) is 10.6. The number of nitrogens with zero attached hydrogens (tertiary/aromatic N) is 1. The first-order valence-electron chi connectivity index (χ1n) is 11.2. The van der Waals surface area contributed by atoms with Crippen molar-refractivity contribution in [3.05, 3.63) is 95.3 Å². The van der Waals surface area contributed by atoms with Gasteiger partial charge in [-0.25, -0.2) is 21.6 Å². The Hall–Kier alpha value is -3.17. The fourth-order valence-electron chi connectivity index (χ4n) is 4.11. The number of hydrogen-bond acceptors (Lipinski definition) is 4. The van der Waals surface area contributed by atoms with Gasteiger partial charge in [-0.2, -0.15) is 4.31 Å². The lowest BCUT2D eigenvalue weighted by Crippen LogP contribution is -2.40. The Morgan fingerprint density at radius 3 is 2.46 bits per heavy atom. The first-order chi connectivity index (χ1) is 16.7. The Morgan fingerprint density at radius 1 is 0.943 bits per heavy atom. The minimum Gasteiger partial charge on any atom is -0.489 e. The van der Waals surface area contributed by atoms with Crippen LogP contribution in [0.3, 0.4) is 0 Å². The molecule has 0 bridgehead atoms. The van der Waals surface area contributed by atoms with Crippen molar-refractivity contribution in [3.63, 3.8) is 0 Å². The Morgan fingerprint density at radius 2 is 1.71 bits per heavy atom. The Balaban J connectivity index is 1.37. The van der Waals surface area contributed by atoms with Crippen LogP contribution in [0.15, 0.2) is 71.6 Å². The van der Waals surface area contributed by atoms with Crippen LogP contribution in [0.5, 0.6) is 5.75 Å². The van der Waals surface area contributed by atoms with Crippen molar-refractivity contribution in [3.8, 4) is 5.75 Å². The van der Waals surface area contributed by atoms with Crippen LogP contribution in [0.25, 0.3) is 0 Å². The molecule has 3 aromatic carbocycles. The molecular formula is C26H24F3NO4S. The van der Waals surface area contributed by atoms with Crippen molar-refractivity contribution in [1.29, 1.82) is 0 Å². The van der Waals surface area contributed by atoms with E-state index in [-0.39, 0.29) is 30.3 Å². The van der Waals surface area contributed by atoms with Crippen molar-refractivity contribution in [2.75, 3.05) is 6.54 Å². The van der Waals surface area contributed by atoms with Crippen LogP contribution in [0.4, 0.5) is 13.2 Å². The maximum absolute atomic E-state index is 13.4.